The summed E-state index contributed by atoms with van der Waals surface area (Å²) in [4.78, 5) is 21.5. The molecule has 0 spiro atoms. The Morgan fingerprint density at radius 2 is 1.57 bits per heavy atom. The van der Waals surface area contributed by atoms with Crippen molar-refractivity contribution < 1.29 is 18.0 Å². The van der Waals surface area contributed by atoms with Crippen LogP contribution in [0.5, 0.6) is 0 Å². The Balaban J connectivity index is 1.34. The van der Waals surface area contributed by atoms with Crippen LogP contribution in [0, 0.1) is 6.92 Å². The number of hydrogen-bond acceptors (Lipinski definition) is 4. The van der Waals surface area contributed by atoms with Crippen LogP contribution in [0.3, 0.4) is 0 Å². The molecule has 0 radical (unpaired) electrons. The monoisotopic (exact) mass is 505 g/mol. The number of aryl methyl sites for hydroxylation is 1. The number of amides is 1. The number of nitrogens with zero attached hydrogens (tertiary/aromatic N) is 5. The van der Waals surface area contributed by atoms with Gasteiger partial charge in [-0.2, -0.15) is 13.2 Å². The van der Waals surface area contributed by atoms with Crippen molar-refractivity contribution in [2.24, 2.45) is 0 Å². The molecule has 1 saturated heterocycles. The van der Waals surface area contributed by atoms with Gasteiger partial charge in [0.25, 0.3) is 5.91 Å². The Morgan fingerprint density at radius 3 is 2.24 bits per heavy atom. The second-order valence-electron chi connectivity index (χ2n) is 9.09. The lowest BCUT2D eigenvalue weighted by Crippen LogP contribution is -2.49. The van der Waals surface area contributed by atoms with Gasteiger partial charge in [-0.15, -0.1) is 5.10 Å². The van der Waals surface area contributed by atoms with E-state index in [9.17, 15) is 18.0 Å². The largest absolute Gasteiger partial charge is 0.416 e. The number of carbonyl (C=O) groups excluding carboxylic acids is 1. The predicted octanol–water partition coefficient (Wildman–Crippen LogP) is 5.15. The minimum absolute atomic E-state index is 0.110. The van der Waals surface area contributed by atoms with Crippen LogP contribution in [0.4, 0.5) is 18.9 Å². The topological polar surface area (TPSA) is 54.3 Å². The smallest absolute Gasteiger partial charge is 0.368 e. The van der Waals surface area contributed by atoms with Gasteiger partial charge in [-0.3, -0.25) is 4.79 Å². The highest BCUT2D eigenvalue weighted by Gasteiger charge is 2.32. The number of rotatable bonds is 5. The molecular formula is C28H26F3N5O. The molecule has 3 aromatic carbocycles. The first kappa shape index (κ1) is 24.5. The molecule has 0 saturated carbocycles. The summed E-state index contributed by atoms with van der Waals surface area (Å²) in [5, 5.41) is 4.57. The summed E-state index contributed by atoms with van der Waals surface area (Å²) in [5.74, 6) is 0.476. The first-order valence-corrected chi connectivity index (χ1v) is 12.1. The molecule has 0 aliphatic carbocycles. The van der Waals surface area contributed by atoms with Crippen molar-refractivity contribution >= 4 is 11.6 Å². The Morgan fingerprint density at radius 1 is 0.865 bits per heavy atom. The standard InChI is InChI=1S/C28H26F3N5O/c1-20-10-12-23(13-11-20)36-25(18-21-6-3-2-4-7-21)32-26(33-36)27(37)35-16-14-34(15-17-35)24-9-5-8-22(19-24)28(29,30)31/h2-13,19H,14-18H2,1H3. The molecule has 0 atom stereocenters. The fourth-order valence-electron chi connectivity index (χ4n) is 4.41. The number of benzene rings is 3. The van der Waals surface area contributed by atoms with Gasteiger partial charge in [0.1, 0.15) is 5.82 Å². The number of alkyl halides is 3. The maximum atomic E-state index is 13.4. The van der Waals surface area contributed by atoms with Gasteiger partial charge in [0, 0.05) is 38.3 Å². The molecule has 1 aliphatic rings. The van der Waals surface area contributed by atoms with Crippen molar-refractivity contribution in [1.82, 2.24) is 19.7 Å². The number of carbonyl (C=O) groups is 1. The van der Waals surface area contributed by atoms with Crippen molar-refractivity contribution in [1.29, 1.82) is 0 Å². The van der Waals surface area contributed by atoms with E-state index in [1.54, 1.807) is 15.6 Å². The Hall–Kier alpha value is -4.14. The van der Waals surface area contributed by atoms with Gasteiger partial charge in [0.15, 0.2) is 0 Å². The first-order valence-electron chi connectivity index (χ1n) is 12.1. The number of piperazine rings is 1. The zero-order valence-corrected chi connectivity index (χ0v) is 20.3. The third-order valence-electron chi connectivity index (χ3n) is 6.45. The summed E-state index contributed by atoms with van der Waals surface area (Å²) >= 11 is 0. The van der Waals surface area contributed by atoms with Crippen molar-refractivity contribution in [3.8, 4) is 5.69 Å². The highest BCUT2D eigenvalue weighted by Crippen LogP contribution is 2.32. The van der Waals surface area contributed by atoms with Gasteiger partial charge in [-0.1, -0.05) is 54.1 Å². The molecule has 37 heavy (non-hydrogen) atoms. The predicted molar refractivity (Wildman–Crippen MR) is 135 cm³/mol. The van der Waals surface area contributed by atoms with E-state index < -0.39 is 11.7 Å². The normalized spacial score (nSPS) is 14.2. The number of hydrogen-bond donors (Lipinski definition) is 0. The highest BCUT2D eigenvalue weighted by atomic mass is 19.4. The Bertz CT molecular complexity index is 1380. The molecule has 0 bridgehead atoms. The van der Waals surface area contributed by atoms with E-state index in [1.165, 1.54) is 6.07 Å². The number of halogens is 3. The minimum Gasteiger partial charge on any atom is -0.368 e. The van der Waals surface area contributed by atoms with Crippen molar-refractivity contribution in [3.05, 3.63) is 107 Å². The van der Waals surface area contributed by atoms with Gasteiger partial charge >= 0.3 is 6.18 Å². The molecule has 0 N–H and O–H groups in total. The summed E-state index contributed by atoms with van der Waals surface area (Å²) < 4.78 is 41.1. The number of aromatic nitrogens is 3. The average molecular weight is 506 g/mol. The van der Waals surface area contributed by atoms with E-state index in [0.717, 1.165) is 28.9 Å². The lowest BCUT2D eigenvalue weighted by molar-refractivity contribution is -0.137. The summed E-state index contributed by atoms with van der Waals surface area (Å²) in [6.07, 6.45) is -3.88. The molecule has 1 aliphatic heterocycles. The van der Waals surface area contributed by atoms with Crippen LogP contribution in [0.2, 0.25) is 0 Å². The van der Waals surface area contributed by atoms with Crippen LogP contribution in [0.25, 0.3) is 5.69 Å². The fourth-order valence-corrected chi connectivity index (χ4v) is 4.41. The molecule has 1 fully saturated rings. The van der Waals surface area contributed by atoms with Crippen LogP contribution in [-0.4, -0.2) is 51.8 Å². The molecular weight excluding hydrogens is 479 g/mol. The lowest BCUT2D eigenvalue weighted by atomic mass is 10.1. The molecule has 2 heterocycles. The van der Waals surface area contributed by atoms with E-state index in [2.05, 4.69) is 10.1 Å². The van der Waals surface area contributed by atoms with E-state index >= 15 is 0 Å². The molecule has 190 valence electrons. The first-order chi connectivity index (χ1) is 17.8. The zero-order chi connectivity index (χ0) is 26.0. The zero-order valence-electron chi connectivity index (χ0n) is 20.3. The average Bonchev–Trinajstić information content (AvgIpc) is 3.32. The third-order valence-corrected chi connectivity index (χ3v) is 6.45. The highest BCUT2D eigenvalue weighted by molar-refractivity contribution is 5.90. The summed E-state index contributed by atoms with van der Waals surface area (Å²) in [6, 6.07) is 23.0. The van der Waals surface area contributed by atoms with Gasteiger partial charge in [-0.05, 0) is 42.8 Å². The SMILES string of the molecule is Cc1ccc(-n2nc(C(=O)N3CCN(c4cccc(C(F)(F)F)c4)CC3)nc2Cc2ccccc2)cc1. The Kier molecular flexibility index (Phi) is 6.69. The quantitative estimate of drug-likeness (QED) is 0.377. The summed E-state index contributed by atoms with van der Waals surface area (Å²) in [5.41, 5.74) is 2.80. The van der Waals surface area contributed by atoms with Gasteiger partial charge in [-0.25, -0.2) is 9.67 Å². The van der Waals surface area contributed by atoms with Crippen LogP contribution >= 0.6 is 0 Å². The van der Waals surface area contributed by atoms with Gasteiger partial charge in [0.05, 0.1) is 11.3 Å². The molecule has 1 aromatic heterocycles. The summed E-state index contributed by atoms with van der Waals surface area (Å²) in [7, 11) is 0. The van der Waals surface area contributed by atoms with Crippen molar-refractivity contribution in [2.75, 3.05) is 31.1 Å². The molecule has 4 aromatic rings. The molecule has 9 heteroatoms. The molecule has 0 unspecified atom stereocenters. The lowest BCUT2D eigenvalue weighted by Gasteiger charge is -2.35. The van der Waals surface area contributed by atoms with E-state index in [0.29, 0.717) is 44.1 Å². The van der Waals surface area contributed by atoms with E-state index in [1.807, 2.05) is 66.4 Å². The van der Waals surface area contributed by atoms with Gasteiger partial charge < -0.3 is 9.80 Å². The van der Waals surface area contributed by atoms with E-state index in [4.69, 9.17) is 0 Å². The van der Waals surface area contributed by atoms with Crippen LogP contribution in [0.15, 0.2) is 78.9 Å². The maximum absolute atomic E-state index is 13.4. The van der Waals surface area contributed by atoms with Crippen LogP contribution in [0.1, 0.15) is 33.1 Å². The van der Waals surface area contributed by atoms with Gasteiger partial charge in [0.2, 0.25) is 5.82 Å². The molecule has 6 nitrogen and oxygen atoms in total. The Labute approximate surface area is 213 Å². The van der Waals surface area contributed by atoms with Crippen LogP contribution in [-0.2, 0) is 12.6 Å². The minimum atomic E-state index is -4.40. The second kappa shape index (κ2) is 10.1. The van der Waals surface area contributed by atoms with E-state index in [-0.39, 0.29) is 11.7 Å². The maximum Gasteiger partial charge on any atom is 0.416 e. The van der Waals surface area contributed by atoms with Crippen LogP contribution < -0.4 is 4.90 Å². The van der Waals surface area contributed by atoms with Crippen molar-refractivity contribution in [2.45, 2.75) is 19.5 Å². The summed E-state index contributed by atoms with van der Waals surface area (Å²) in [6.45, 7) is 3.57. The molecule has 1 amide bonds. The fraction of sp³-hybridized carbons (Fsp3) is 0.250. The second-order valence-corrected chi connectivity index (χ2v) is 9.09. The van der Waals surface area contributed by atoms with Crippen molar-refractivity contribution in [3.63, 3.8) is 0 Å². The third kappa shape index (κ3) is 5.50. The molecule has 5 rings (SSSR count). The number of anilines is 1.